The van der Waals surface area contributed by atoms with E-state index < -0.39 is 0 Å². The molecule has 5 heteroatoms. The van der Waals surface area contributed by atoms with Crippen molar-refractivity contribution in [1.82, 2.24) is 15.1 Å². The van der Waals surface area contributed by atoms with Gasteiger partial charge in [0.1, 0.15) is 5.76 Å². The van der Waals surface area contributed by atoms with Crippen molar-refractivity contribution in [1.29, 1.82) is 0 Å². The molecule has 3 heterocycles. The predicted octanol–water partition coefficient (Wildman–Crippen LogP) is 2.95. The lowest BCUT2D eigenvalue weighted by atomic mass is 9.97. The van der Waals surface area contributed by atoms with E-state index in [4.69, 9.17) is 8.83 Å². The molecule has 2 aromatic heterocycles. The molecule has 0 unspecified atom stereocenters. The van der Waals surface area contributed by atoms with Crippen LogP contribution >= 0.6 is 0 Å². The van der Waals surface area contributed by atoms with Crippen LogP contribution < -0.4 is 0 Å². The Labute approximate surface area is 119 Å². The van der Waals surface area contributed by atoms with Crippen LogP contribution in [0, 0.1) is 0 Å². The van der Waals surface area contributed by atoms with E-state index in [-0.39, 0.29) is 5.41 Å². The van der Waals surface area contributed by atoms with Crippen molar-refractivity contribution >= 4 is 0 Å². The van der Waals surface area contributed by atoms with Crippen LogP contribution in [0.1, 0.15) is 50.7 Å². The van der Waals surface area contributed by atoms with Crippen molar-refractivity contribution in [3.8, 4) is 0 Å². The van der Waals surface area contributed by atoms with Crippen LogP contribution in [0.5, 0.6) is 0 Å². The molecule has 0 N–H and O–H groups in total. The fourth-order valence-electron chi connectivity index (χ4n) is 2.50. The summed E-state index contributed by atoms with van der Waals surface area (Å²) in [5.41, 5.74) is -0.0856. The lowest BCUT2D eigenvalue weighted by molar-refractivity contribution is 0.287. The smallest absolute Gasteiger partial charge is 0.221 e. The first-order chi connectivity index (χ1) is 9.52. The van der Waals surface area contributed by atoms with Crippen LogP contribution in [0.3, 0.4) is 0 Å². The Bertz CT molecular complexity index is 554. The molecule has 0 radical (unpaired) electrons. The second kappa shape index (κ2) is 5.05. The molecular formula is C15H21N3O2. The normalized spacial score (nSPS) is 20.6. The number of aromatic nitrogens is 2. The minimum atomic E-state index is -0.0856. The highest BCUT2D eigenvalue weighted by Gasteiger charge is 2.30. The first-order valence-corrected chi connectivity index (χ1v) is 7.11. The lowest BCUT2D eigenvalue weighted by Gasteiger charge is -2.13. The van der Waals surface area contributed by atoms with Crippen molar-refractivity contribution in [3.05, 3.63) is 35.9 Å². The standard InChI is InChI=1S/C15H21N3O2/c1-15(2,3)14-17-16-13(20-14)11-6-7-18(9-11)10-12-5-4-8-19-12/h4-5,8,11H,6-7,9-10H2,1-3H3/t11-/m0/s1. The van der Waals surface area contributed by atoms with Crippen molar-refractivity contribution in [2.75, 3.05) is 13.1 Å². The van der Waals surface area contributed by atoms with E-state index in [1.54, 1.807) is 6.26 Å². The molecule has 2 aromatic rings. The van der Waals surface area contributed by atoms with Gasteiger partial charge >= 0.3 is 0 Å². The van der Waals surface area contributed by atoms with Crippen LogP contribution in [0.2, 0.25) is 0 Å². The van der Waals surface area contributed by atoms with Crippen LogP contribution in [-0.4, -0.2) is 28.2 Å². The summed E-state index contributed by atoms with van der Waals surface area (Å²) in [6, 6.07) is 3.94. The lowest BCUT2D eigenvalue weighted by Crippen LogP contribution is -2.19. The number of likely N-dealkylation sites (tertiary alicyclic amines) is 1. The quantitative estimate of drug-likeness (QED) is 0.862. The fraction of sp³-hybridized carbons (Fsp3) is 0.600. The maximum Gasteiger partial charge on any atom is 0.221 e. The molecule has 1 saturated heterocycles. The highest BCUT2D eigenvalue weighted by molar-refractivity contribution is 5.03. The van der Waals surface area contributed by atoms with Gasteiger partial charge in [-0.25, -0.2) is 0 Å². The van der Waals surface area contributed by atoms with E-state index in [1.165, 1.54) is 0 Å². The molecule has 108 valence electrons. The first-order valence-electron chi connectivity index (χ1n) is 7.11. The zero-order chi connectivity index (χ0) is 14.2. The molecular weight excluding hydrogens is 254 g/mol. The average Bonchev–Trinajstić information content (AvgIpc) is 3.08. The van der Waals surface area contributed by atoms with Gasteiger partial charge in [0.2, 0.25) is 11.8 Å². The minimum absolute atomic E-state index is 0.0856. The Morgan fingerprint density at radius 1 is 1.35 bits per heavy atom. The Balaban J connectivity index is 1.63. The van der Waals surface area contributed by atoms with Gasteiger partial charge in [-0.1, -0.05) is 20.8 Å². The molecule has 0 aliphatic carbocycles. The zero-order valence-corrected chi connectivity index (χ0v) is 12.3. The fourth-order valence-corrected chi connectivity index (χ4v) is 2.50. The van der Waals surface area contributed by atoms with Gasteiger partial charge in [0, 0.05) is 12.0 Å². The predicted molar refractivity (Wildman–Crippen MR) is 74.3 cm³/mol. The topological polar surface area (TPSA) is 55.3 Å². The van der Waals surface area contributed by atoms with Crippen LogP contribution in [0.15, 0.2) is 27.2 Å². The molecule has 0 spiro atoms. The molecule has 20 heavy (non-hydrogen) atoms. The summed E-state index contributed by atoms with van der Waals surface area (Å²) in [5.74, 6) is 2.84. The van der Waals surface area contributed by atoms with Crippen LogP contribution in [-0.2, 0) is 12.0 Å². The van der Waals surface area contributed by atoms with Gasteiger partial charge in [-0.05, 0) is 25.1 Å². The highest BCUT2D eigenvalue weighted by Crippen LogP contribution is 2.29. The number of furan rings is 1. The first kappa shape index (κ1) is 13.4. The van der Waals surface area contributed by atoms with E-state index in [1.807, 2.05) is 12.1 Å². The Kier molecular flexibility index (Phi) is 3.38. The third-order valence-corrected chi connectivity index (χ3v) is 3.66. The van der Waals surface area contributed by atoms with E-state index in [0.29, 0.717) is 5.92 Å². The van der Waals surface area contributed by atoms with Crippen molar-refractivity contribution < 1.29 is 8.83 Å². The minimum Gasteiger partial charge on any atom is -0.468 e. The average molecular weight is 275 g/mol. The molecule has 0 aromatic carbocycles. The summed E-state index contributed by atoms with van der Waals surface area (Å²) < 4.78 is 11.2. The second-order valence-corrected chi connectivity index (χ2v) is 6.50. The van der Waals surface area contributed by atoms with E-state index in [9.17, 15) is 0 Å². The molecule has 0 bridgehead atoms. The molecule has 1 atom stereocenters. The van der Waals surface area contributed by atoms with Crippen molar-refractivity contribution in [2.24, 2.45) is 0 Å². The Morgan fingerprint density at radius 3 is 2.85 bits per heavy atom. The molecule has 1 fully saturated rings. The molecule has 1 aliphatic rings. The van der Waals surface area contributed by atoms with Gasteiger partial charge in [0.05, 0.1) is 18.7 Å². The SMILES string of the molecule is CC(C)(C)c1nnc([C@H]2CCN(Cc3ccco3)C2)o1. The summed E-state index contributed by atoms with van der Waals surface area (Å²) >= 11 is 0. The number of nitrogens with zero attached hydrogens (tertiary/aromatic N) is 3. The number of hydrogen-bond acceptors (Lipinski definition) is 5. The van der Waals surface area contributed by atoms with Gasteiger partial charge in [-0.2, -0.15) is 0 Å². The third kappa shape index (κ3) is 2.77. The van der Waals surface area contributed by atoms with E-state index >= 15 is 0 Å². The maximum absolute atomic E-state index is 5.84. The van der Waals surface area contributed by atoms with E-state index in [0.717, 1.165) is 43.6 Å². The summed E-state index contributed by atoms with van der Waals surface area (Å²) in [5, 5.41) is 8.41. The molecule has 5 nitrogen and oxygen atoms in total. The monoisotopic (exact) mass is 275 g/mol. The molecule has 3 rings (SSSR count). The molecule has 0 saturated carbocycles. The maximum atomic E-state index is 5.84. The summed E-state index contributed by atoms with van der Waals surface area (Å²) in [6.07, 6.45) is 2.78. The number of hydrogen-bond donors (Lipinski definition) is 0. The van der Waals surface area contributed by atoms with Crippen molar-refractivity contribution in [2.45, 2.75) is 45.1 Å². The largest absolute Gasteiger partial charge is 0.468 e. The van der Waals surface area contributed by atoms with Crippen LogP contribution in [0.25, 0.3) is 0 Å². The number of rotatable bonds is 3. The van der Waals surface area contributed by atoms with Crippen LogP contribution in [0.4, 0.5) is 0 Å². The molecule has 0 amide bonds. The summed E-state index contributed by atoms with van der Waals surface area (Å²) in [4.78, 5) is 2.37. The summed E-state index contributed by atoms with van der Waals surface area (Å²) in [7, 11) is 0. The third-order valence-electron chi connectivity index (χ3n) is 3.66. The van der Waals surface area contributed by atoms with Gasteiger partial charge in [0.15, 0.2) is 0 Å². The second-order valence-electron chi connectivity index (χ2n) is 6.50. The van der Waals surface area contributed by atoms with Gasteiger partial charge < -0.3 is 8.83 Å². The van der Waals surface area contributed by atoms with Crippen molar-refractivity contribution in [3.63, 3.8) is 0 Å². The summed E-state index contributed by atoms with van der Waals surface area (Å²) in [6.45, 7) is 9.10. The van der Waals surface area contributed by atoms with Gasteiger partial charge in [-0.3, -0.25) is 4.90 Å². The zero-order valence-electron chi connectivity index (χ0n) is 12.3. The van der Waals surface area contributed by atoms with E-state index in [2.05, 4.69) is 35.9 Å². The van der Waals surface area contributed by atoms with Gasteiger partial charge in [0.25, 0.3) is 0 Å². The highest BCUT2D eigenvalue weighted by atomic mass is 16.4. The molecule has 1 aliphatic heterocycles. The van der Waals surface area contributed by atoms with Gasteiger partial charge in [-0.15, -0.1) is 10.2 Å². The Hall–Kier alpha value is -1.62. The Morgan fingerprint density at radius 2 is 2.20 bits per heavy atom.